The number of aryl methyl sites for hydroxylation is 1. The van der Waals surface area contributed by atoms with Gasteiger partial charge < -0.3 is 10.4 Å². The Labute approximate surface area is 173 Å². The molecule has 0 aliphatic carbocycles. The highest BCUT2D eigenvalue weighted by atomic mass is 35.5. The predicted octanol–water partition coefficient (Wildman–Crippen LogP) is 3.46. The number of carbonyl (C=O) groups is 1. The zero-order valence-corrected chi connectivity index (χ0v) is 16.8. The Bertz CT molecular complexity index is 1100. The number of hydrogen-bond donors (Lipinski definition) is 3. The highest BCUT2D eigenvalue weighted by Gasteiger charge is 2.17. The monoisotopic (exact) mass is 434 g/mol. The normalized spacial score (nSPS) is 11.2. The largest absolute Gasteiger partial charge is 0.506 e. The average molecular weight is 435 g/mol. The highest BCUT2D eigenvalue weighted by Crippen LogP contribution is 2.28. The topological polar surface area (TPSA) is 113 Å². The first-order chi connectivity index (χ1) is 13.8. The van der Waals surface area contributed by atoms with E-state index in [2.05, 4.69) is 15.1 Å². The van der Waals surface area contributed by atoms with Gasteiger partial charge in [0.1, 0.15) is 5.75 Å². The minimum Gasteiger partial charge on any atom is -0.506 e. The van der Waals surface area contributed by atoms with Gasteiger partial charge in [0.15, 0.2) is 0 Å². The van der Waals surface area contributed by atoms with Crippen LogP contribution in [0.1, 0.15) is 12.8 Å². The summed E-state index contributed by atoms with van der Waals surface area (Å²) in [5, 5.41) is 17.0. The molecule has 0 atom stereocenters. The summed E-state index contributed by atoms with van der Waals surface area (Å²) in [6, 6.07) is 11.7. The van der Waals surface area contributed by atoms with Crippen LogP contribution in [-0.2, 0) is 21.4 Å². The van der Waals surface area contributed by atoms with E-state index in [1.54, 1.807) is 41.3 Å². The molecule has 0 bridgehead atoms. The van der Waals surface area contributed by atoms with Gasteiger partial charge in [-0.1, -0.05) is 17.7 Å². The number of aromatic hydroxyl groups is 1. The Balaban J connectivity index is 1.67. The lowest BCUT2D eigenvalue weighted by Crippen LogP contribution is -2.15. The summed E-state index contributed by atoms with van der Waals surface area (Å²) in [6.07, 6.45) is 4.19. The van der Waals surface area contributed by atoms with Gasteiger partial charge in [0.25, 0.3) is 10.0 Å². The van der Waals surface area contributed by atoms with Crippen molar-refractivity contribution in [3.63, 3.8) is 0 Å². The molecule has 1 heterocycles. The molecule has 29 heavy (non-hydrogen) atoms. The molecule has 10 heteroatoms. The van der Waals surface area contributed by atoms with Crippen LogP contribution in [0.2, 0.25) is 5.02 Å². The van der Waals surface area contributed by atoms with E-state index in [4.69, 9.17) is 11.6 Å². The number of nitrogens with one attached hydrogen (secondary N) is 2. The molecule has 2 aromatic carbocycles. The van der Waals surface area contributed by atoms with Crippen LogP contribution in [0.25, 0.3) is 0 Å². The molecular formula is C19H19ClN4O4S. The average Bonchev–Trinajstić information content (AvgIpc) is 3.16. The molecule has 8 nitrogen and oxygen atoms in total. The fourth-order valence-electron chi connectivity index (χ4n) is 2.60. The summed E-state index contributed by atoms with van der Waals surface area (Å²) in [5.41, 5.74) is 0.317. The molecule has 3 rings (SSSR count). The number of hydrogen-bond acceptors (Lipinski definition) is 5. The van der Waals surface area contributed by atoms with Crippen LogP contribution in [0.3, 0.4) is 0 Å². The van der Waals surface area contributed by atoms with E-state index < -0.39 is 10.0 Å². The summed E-state index contributed by atoms with van der Waals surface area (Å²) >= 11 is 5.88. The molecular weight excluding hydrogens is 416 g/mol. The van der Waals surface area contributed by atoms with Gasteiger partial charge in [-0.3, -0.25) is 14.2 Å². The van der Waals surface area contributed by atoms with Crippen molar-refractivity contribution in [1.29, 1.82) is 0 Å². The number of nitrogens with zero attached hydrogens (tertiary/aromatic N) is 2. The molecule has 3 N–H and O–H groups in total. The van der Waals surface area contributed by atoms with Crippen molar-refractivity contribution in [1.82, 2.24) is 9.78 Å². The second kappa shape index (κ2) is 8.97. The van der Waals surface area contributed by atoms with Crippen LogP contribution in [0.15, 0.2) is 65.8 Å². The summed E-state index contributed by atoms with van der Waals surface area (Å²) in [4.78, 5) is 12.0. The molecule has 0 radical (unpaired) electrons. The van der Waals surface area contributed by atoms with Gasteiger partial charge in [0, 0.05) is 30.4 Å². The first-order valence-corrected chi connectivity index (χ1v) is 10.6. The number of anilines is 2. The van der Waals surface area contributed by atoms with Crippen LogP contribution in [0.5, 0.6) is 5.75 Å². The Morgan fingerprint density at radius 3 is 2.72 bits per heavy atom. The van der Waals surface area contributed by atoms with Crippen molar-refractivity contribution in [2.24, 2.45) is 0 Å². The van der Waals surface area contributed by atoms with Gasteiger partial charge in [0.2, 0.25) is 5.91 Å². The molecule has 0 saturated heterocycles. The summed E-state index contributed by atoms with van der Waals surface area (Å²) < 4.78 is 29.3. The van der Waals surface area contributed by atoms with Gasteiger partial charge in [-0.2, -0.15) is 5.10 Å². The zero-order valence-electron chi connectivity index (χ0n) is 15.2. The number of phenols is 1. The molecule has 1 amide bonds. The maximum Gasteiger partial charge on any atom is 0.261 e. The molecule has 0 aliphatic rings. The minimum absolute atomic E-state index is 0.0167. The first kappa shape index (κ1) is 20.7. The first-order valence-electron chi connectivity index (χ1n) is 8.72. The number of sulfonamides is 1. The lowest BCUT2D eigenvalue weighted by Gasteiger charge is -2.12. The number of phenolic OH excluding ortho intramolecular Hbond substituents is 1. The van der Waals surface area contributed by atoms with E-state index in [0.29, 0.717) is 23.7 Å². The maximum atomic E-state index is 12.6. The van der Waals surface area contributed by atoms with Crippen molar-refractivity contribution in [3.8, 4) is 5.75 Å². The van der Waals surface area contributed by atoms with Gasteiger partial charge in [-0.15, -0.1) is 0 Å². The lowest BCUT2D eigenvalue weighted by molar-refractivity contribution is -0.116. The second-order valence-corrected chi connectivity index (χ2v) is 8.33. The number of carbonyl (C=O) groups excluding carboxylic acids is 1. The standard InChI is InChI=1S/C19H19ClN4O4S/c20-14-4-1-5-15(12-14)23-29(27,28)16-7-8-18(25)17(13-16)22-19(26)6-2-10-24-11-3-9-21-24/h1,3-5,7-9,11-13,23,25H,2,6,10H2,(H,22,26). The van der Waals surface area contributed by atoms with Crippen LogP contribution in [0, 0.1) is 0 Å². The van der Waals surface area contributed by atoms with Crippen LogP contribution in [-0.4, -0.2) is 29.2 Å². The van der Waals surface area contributed by atoms with Crippen molar-refractivity contribution in [2.75, 3.05) is 10.0 Å². The third-order valence-corrected chi connectivity index (χ3v) is 5.59. The van der Waals surface area contributed by atoms with Crippen molar-refractivity contribution >= 4 is 38.9 Å². The highest BCUT2D eigenvalue weighted by molar-refractivity contribution is 7.92. The fraction of sp³-hybridized carbons (Fsp3) is 0.158. The Kier molecular flexibility index (Phi) is 6.40. The third-order valence-electron chi connectivity index (χ3n) is 3.98. The van der Waals surface area contributed by atoms with E-state index >= 15 is 0 Å². The van der Waals surface area contributed by atoms with E-state index in [-0.39, 0.29) is 28.7 Å². The van der Waals surface area contributed by atoms with Crippen molar-refractivity contribution in [2.45, 2.75) is 24.3 Å². The molecule has 0 fully saturated rings. The minimum atomic E-state index is -3.93. The fourth-order valence-corrected chi connectivity index (χ4v) is 3.86. The number of amides is 1. The molecule has 0 unspecified atom stereocenters. The molecule has 1 aromatic heterocycles. The smallest absolute Gasteiger partial charge is 0.261 e. The van der Waals surface area contributed by atoms with Crippen molar-refractivity contribution < 1.29 is 18.3 Å². The summed E-state index contributed by atoms with van der Waals surface area (Å²) in [7, 11) is -3.93. The zero-order chi connectivity index (χ0) is 20.9. The summed E-state index contributed by atoms with van der Waals surface area (Å²) in [5.74, 6) is -0.572. The van der Waals surface area contributed by atoms with E-state index in [1.807, 2.05) is 0 Å². The van der Waals surface area contributed by atoms with E-state index in [9.17, 15) is 18.3 Å². The molecule has 152 valence electrons. The Hall–Kier alpha value is -3.04. The molecule has 0 saturated carbocycles. The van der Waals surface area contributed by atoms with E-state index in [1.165, 1.54) is 24.3 Å². The Morgan fingerprint density at radius 1 is 1.17 bits per heavy atom. The van der Waals surface area contributed by atoms with Crippen LogP contribution >= 0.6 is 11.6 Å². The predicted molar refractivity (Wildman–Crippen MR) is 110 cm³/mol. The SMILES string of the molecule is O=C(CCCn1cccn1)Nc1cc(S(=O)(=O)Nc2cccc(Cl)c2)ccc1O. The quantitative estimate of drug-likeness (QED) is 0.470. The number of rotatable bonds is 8. The van der Waals surface area contributed by atoms with E-state index in [0.717, 1.165) is 0 Å². The third kappa shape index (κ3) is 5.72. The van der Waals surface area contributed by atoms with Crippen LogP contribution < -0.4 is 10.0 Å². The molecule has 0 aliphatic heterocycles. The van der Waals surface area contributed by atoms with Gasteiger partial charge in [-0.25, -0.2) is 8.42 Å². The summed E-state index contributed by atoms with van der Waals surface area (Å²) in [6.45, 7) is 0.574. The van der Waals surface area contributed by atoms with Gasteiger partial charge in [-0.05, 0) is 48.9 Å². The molecule has 0 spiro atoms. The van der Waals surface area contributed by atoms with Crippen LogP contribution in [0.4, 0.5) is 11.4 Å². The maximum absolute atomic E-state index is 12.6. The van der Waals surface area contributed by atoms with Gasteiger partial charge in [0.05, 0.1) is 16.3 Å². The number of benzene rings is 2. The molecule has 3 aromatic rings. The van der Waals surface area contributed by atoms with Crippen molar-refractivity contribution in [3.05, 3.63) is 65.9 Å². The second-order valence-electron chi connectivity index (χ2n) is 6.22. The van der Waals surface area contributed by atoms with Gasteiger partial charge >= 0.3 is 0 Å². The Morgan fingerprint density at radius 2 is 2.00 bits per heavy atom. The lowest BCUT2D eigenvalue weighted by atomic mass is 10.2. The number of halogens is 1. The number of aromatic nitrogens is 2.